The Balaban J connectivity index is 2.49. The number of rotatable bonds is 2. The first-order valence-electron chi connectivity index (χ1n) is 4.54. The van der Waals surface area contributed by atoms with Gasteiger partial charge < -0.3 is 10.2 Å². The molecule has 0 atom stereocenters. The largest absolute Gasteiger partial charge is 0.437 e. The van der Waals surface area contributed by atoms with E-state index in [2.05, 4.69) is 5.10 Å². The summed E-state index contributed by atoms with van der Waals surface area (Å²) < 4.78 is 6.11. The summed E-state index contributed by atoms with van der Waals surface area (Å²) in [5.41, 5.74) is 7.25. The van der Waals surface area contributed by atoms with Crippen LogP contribution in [0, 0.1) is 0 Å². The highest BCUT2D eigenvalue weighted by atomic mass is 16.4. The van der Waals surface area contributed by atoms with Gasteiger partial charge in [0.1, 0.15) is 0 Å². The maximum Gasteiger partial charge on any atom is 0.437 e. The maximum absolute atomic E-state index is 11.1. The Kier molecular flexibility index (Phi) is 2.39. The Morgan fingerprint density at radius 2 is 2.33 bits per heavy atom. The molecule has 0 fully saturated rings. The fraction of sp³-hybridized carbons (Fsp3) is 0.200. The van der Waals surface area contributed by atoms with Crippen LogP contribution in [0.4, 0.5) is 0 Å². The minimum absolute atomic E-state index is 0.317. The van der Waals surface area contributed by atoms with E-state index in [4.69, 9.17) is 10.2 Å². The first-order valence-corrected chi connectivity index (χ1v) is 4.54. The van der Waals surface area contributed by atoms with Crippen molar-refractivity contribution < 1.29 is 4.42 Å². The predicted molar refractivity (Wildman–Crippen MR) is 55.1 cm³/mol. The first kappa shape index (κ1) is 9.67. The standard InChI is InChI=1S/C10H11N3O2/c1-13-10(14)15-9(12-13)8-4-2-3-7(5-8)6-11/h2-5H,6,11H2,1H3. The monoisotopic (exact) mass is 205 g/mol. The third-order valence-corrected chi connectivity index (χ3v) is 2.10. The molecule has 1 aromatic carbocycles. The normalized spacial score (nSPS) is 10.5. The molecule has 0 aliphatic heterocycles. The molecule has 2 aromatic rings. The molecule has 0 spiro atoms. The van der Waals surface area contributed by atoms with E-state index in [1.54, 1.807) is 7.05 Å². The van der Waals surface area contributed by atoms with Gasteiger partial charge in [-0.2, -0.15) is 4.68 Å². The Morgan fingerprint density at radius 1 is 1.53 bits per heavy atom. The number of aromatic nitrogens is 2. The van der Waals surface area contributed by atoms with Crippen LogP contribution in [0.25, 0.3) is 11.5 Å². The number of aryl methyl sites for hydroxylation is 1. The fourth-order valence-corrected chi connectivity index (χ4v) is 1.29. The molecular formula is C10H11N3O2. The van der Waals surface area contributed by atoms with E-state index in [1.165, 1.54) is 0 Å². The first-order chi connectivity index (χ1) is 7.20. The summed E-state index contributed by atoms with van der Waals surface area (Å²) in [7, 11) is 1.54. The average molecular weight is 205 g/mol. The highest BCUT2D eigenvalue weighted by molar-refractivity contribution is 5.53. The fourth-order valence-electron chi connectivity index (χ4n) is 1.29. The lowest BCUT2D eigenvalue weighted by Crippen LogP contribution is -2.09. The van der Waals surface area contributed by atoms with Gasteiger partial charge in [-0.15, -0.1) is 5.10 Å². The van der Waals surface area contributed by atoms with E-state index in [0.29, 0.717) is 12.4 Å². The van der Waals surface area contributed by atoms with Crippen LogP contribution in [-0.2, 0) is 13.6 Å². The van der Waals surface area contributed by atoms with Gasteiger partial charge in [0.05, 0.1) is 0 Å². The van der Waals surface area contributed by atoms with E-state index >= 15 is 0 Å². The van der Waals surface area contributed by atoms with Gasteiger partial charge in [-0.3, -0.25) is 0 Å². The molecule has 0 unspecified atom stereocenters. The quantitative estimate of drug-likeness (QED) is 0.774. The van der Waals surface area contributed by atoms with Crippen LogP contribution in [0.5, 0.6) is 0 Å². The van der Waals surface area contributed by atoms with E-state index < -0.39 is 5.76 Å². The molecule has 0 saturated heterocycles. The Labute approximate surface area is 86.1 Å². The number of hydrogen-bond acceptors (Lipinski definition) is 4. The lowest BCUT2D eigenvalue weighted by molar-refractivity contribution is 0.505. The second-order valence-corrected chi connectivity index (χ2v) is 3.20. The average Bonchev–Trinajstić information content (AvgIpc) is 2.59. The van der Waals surface area contributed by atoms with E-state index in [0.717, 1.165) is 15.8 Å². The lowest BCUT2D eigenvalue weighted by Gasteiger charge is -1.98. The van der Waals surface area contributed by atoms with Crippen LogP contribution in [0.1, 0.15) is 5.56 Å². The van der Waals surface area contributed by atoms with Gasteiger partial charge in [-0.1, -0.05) is 12.1 Å². The van der Waals surface area contributed by atoms with Crippen molar-refractivity contribution in [3.8, 4) is 11.5 Å². The second-order valence-electron chi connectivity index (χ2n) is 3.20. The summed E-state index contributed by atoms with van der Waals surface area (Å²) >= 11 is 0. The predicted octanol–water partition coefficient (Wildman–Crippen LogP) is 0.499. The van der Waals surface area contributed by atoms with Crippen LogP contribution in [0.2, 0.25) is 0 Å². The van der Waals surface area contributed by atoms with Crippen LogP contribution in [-0.4, -0.2) is 9.78 Å². The van der Waals surface area contributed by atoms with Gasteiger partial charge in [0.25, 0.3) is 0 Å². The number of benzene rings is 1. The lowest BCUT2D eigenvalue weighted by atomic mass is 10.1. The molecule has 0 radical (unpaired) electrons. The molecule has 0 aliphatic carbocycles. The second kappa shape index (κ2) is 3.70. The highest BCUT2D eigenvalue weighted by Crippen LogP contribution is 2.16. The van der Waals surface area contributed by atoms with Crippen LogP contribution in [0.15, 0.2) is 33.5 Å². The van der Waals surface area contributed by atoms with Gasteiger partial charge >= 0.3 is 5.76 Å². The van der Waals surface area contributed by atoms with Crippen molar-refractivity contribution in [3.63, 3.8) is 0 Å². The van der Waals surface area contributed by atoms with Gasteiger partial charge in [-0.25, -0.2) is 4.79 Å². The molecule has 1 heterocycles. The minimum Gasteiger partial charge on any atom is -0.388 e. The third-order valence-electron chi connectivity index (χ3n) is 2.10. The smallest absolute Gasteiger partial charge is 0.388 e. The van der Waals surface area contributed by atoms with Crippen molar-refractivity contribution in [2.75, 3.05) is 0 Å². The minimum atomic E-state index is -0.469. The van der Waals surface area contributed by atoms with Gasteiger partial charge in [0, 0.05) is 19.2 Å². The van der Waals surface area contributed by atoms with Crippen molar-refractivity contribution in [1.82, 2.24) is 9.78 Å². The van der Waals surface area contributed by atoms with Gasteiger partial charge in [-0.05, 0) is 17.7 Å². The van der Waals surface area contributed by atoms with Gasteiger partial charge in [0.15, 0.2) is 0 Å². The van der Waals surface area contributed by atoms with E-state index in [-0.39, 0.29) is 0 Å². The molecule has 0 saturated carbocycles. The topological polar surface area (TPSA) is 74.1 Å². The van der Waals surface area contributed by atoms with Crippen molar-refractivity contribution >= 4 is 0 Å². The summed E-state index contributed by atoms with van der Waals surface area (Å²) in [6.07, 6.45) is 0. The third kappa shape index (κ3) is 1.82. The highest BCUT2D eigenvalue weighted by Gasteiger charge is 2.07. The van der Waals surface area contributed by atoms with Crippen LogP contribution < -0.4 is 11.5 Å². The zero-order valence-corrected chi connectivity index (χ0v) is 8.30. The molecule has 5 heteroatoms. The summed E-state index contributed by atoms with van der Waals surface area (Å²) in [4.78, 5) is 11.1. The number of nitrogens with zero attached hydrogens (tertiary/aromatic N) is 2. The van der Waals surface area contributed by atoms with E-state index in [9.17, 15) is 4.79 Å². The molecule has 0 amide bonds. The zero-order chi connectivity index (χ0) is 10.8. The Morgan fingerprint density at radius 3 is 2.93 bits per heavy atom. The molecule has 1 aromatic heterocycles. The van der Waals surface area contributed by atoms with Crippen molar-refractivity contribution in [3.05, 3.63) is 40.4 Å². The van der Waals surface area contributed by atoms with Gasteiger partial charge in [0.2, 0.25) is 5.89 Å². The zero-order valence-electron chi connectivity index (χ0n) is 8.30. The van der Waals surface area contributed by atoms with Crippen LogP contribution >= 0.6 is 0 Å². The number of nitrogens with two attached hydrogens (primary N) is 1. The molecule has 0 aliphatic rings. The Hall–Kier alpha value is -1.88. The summed E-state index contributed by atoms with van der Waals surface area (Å²) in [6.45, 7) is 0.449. The Bertz CT molecular complexity index is 527. The van der Waals surface area contributed by atoms with Crippen molar-refractivity contribution in [2.45, 2.75) is 6.54 Å². The molecule has 2 N–H and O–H groups in total. The molecule has 5 nitrogen and oxygen atoms in total. The molecule has 0 bridgehead atoms. The van der Waals surface area contributed by atoms with Crippen molar-refractivity contribution in [2.24, 2.45) is 12.8 Å². The SMILES string of the molecule is Cn1nc(-c2cccc(CN)c2)oc1=O. The maximum atomic E-state index is 11.1. The van der Waals surface area contributed by atoms with E-state index in [1.807, 2.05) is 24.3 Å². The molecule has 78 valence electrons. The molecular weight excluding hydrogens is 194 g/mol. The van der Waals surface area contributed by atoms with Crippen molar-refractivity contribution in [1.29, 1.82) is 0 Å². The number of hydrogen-bond donors (Lipinski definition) is 1. The summed E-state index contributed by atoms with van der Waals surface area (Å²) in [6, 6.07) is 7.44. The summed E-state index contributed by atoms with van der Waals surface area (Å²) in [5.74, 6) is -0.152. The van der Waals surface area contributed by atoms with Crippen LogP contribution in [0.3, 0.4) is 0 Å². The molecule has 15 heavy (non-hydrogen) atoms. The molecule has 2 rings (SSSR count). The summed E-state index contributed by atoms with van der Waals surface area (Å²) in [5, 5.41) is 3.95.